The van der Waals surface area contributed by atoms with Crippen LogP contribution in [0, 0.1) is 23.2 Å². The number of likely N-dealkylation sites (tertiary alicyclic amines) is 3. The number of hydrogen-bond donors (Lipinski definition) is 0. The van der Waals surface area contributed by atoms with Crippen LogP contribution in [0.5, 0.6) is 0 Å². The molecular weight excluding hydrogens is 330 g/mol. The average molecular weight is 376 g/mol. The van der Waals surface area contributed by atoms with E-state index in [1.165, 1.54) is 71.4 Å². The van der Waals surface area contributed by atoms with Gasteiger partial charge in [0.1, 0.15) is 0 Å². The van der Waals surface area contributed by atoms with Crippen molar-refractivity contribution >= 4 is 0 Å². The Hall–Kier alpha value is -0.120. The largest absolute Gasteiger partial charge is 0.300 e. The lowest BCUT2D eigenvalue weighted by Crippen LogP contribution is -2.44. The summed E-state index contributed by atoms with van der Waals surface area (Å²) in [7, 11) is 0. The van der Waals surface area contributed by atoms with Gasteiger partial charge in [0.05, 0.1) is 0 Å². The predicted octanol–water partition coefficient (Wildman–Crippen LogP) is 4.33. The van der Waals surface area contributed by atoms with E-state index in [-0.39, 0.29) is 0 Å². The molecule has 3 saturated heterocycles. The molecule has 0 aromatic heterocycles. The van der Waals surface area contributed by atoms with Crippen LogP contribution in [0.3, 0.4) is 0 Å². The lowest BCUT2D eigenvalue weighted by Gasteiger charge is -2.41. The highest BCUT2D eigenvalue weighted by Gasteiger charge is 2.46. The first-order valence-electron chi connectivity index (χ1n) is 11.8. The van der Waals surface area contributed by atoms with Crippen LogP contribution in [0.4, 0.5) is 0 Å². The molecule has 2 unspecified atom stereocenters. The predicted molar refractivity (Wildman–Crippen MR) is 115 cm³/mol. The van der Waals surface area contributed by atoms with Crippen LogP contribution in [0.2, 0.25) is 0 Å². The maximum Gasteiger partial charge on any atom is 0.0235 e. The van der Waals surface area contributed by atoms with Crippen molar-refractivity contribution in [3.8, 4) is 0 Å². The Labute approximate surface area is 168 Å². The maximum absolute atomic E-state index is 2.88. The summed E-state index contributed by atoms with van der Waals surface area (Å²) in [5.74, 6) is 2.90. The van der Waals surface area contributed by atoms with Gasteiger partial charge in [0.15, 0.2) is 0 Å². The van der Waals surface area contributed by atoms with Crippen molar-refractivity contribution in [2.24, 2.45) is 23.2 Å². The highest BCUT2D eigenvalue weighted by atomic mass is 15.3. The van der Waals surface area contributed by atoms with E-state index in [2.05, 4.69) is 56.2 Å². The molecule has 0 N–H and O–H groups in total. The van der Waals surface area contributed by atoms with Crippen LogP contribution in [0.15, 0.2) is 0 Å². The molecule has 3 nitrogen and oxygen atoms in total. The quantitative estimate of drug-likeness (QED) is 0.711. The molecule has 0 spiro atoms. The van der Waals surface area contributed by atoms with E-state index < -0.39 is 0 Å². The van der Waals surface area contributed by atoms with E-state index in [9.17, 15) is 0 Å². The van der Waals surface area contributed by atoms with Gasteiger partial charge >= 0.3 is 0 Å². The summed E-state index contributed by atoms with van der Waals surface area (Å²) in [6.45, 7) is 22.5. The molecule has 3 heterocycles. The Morgan fingerprint density at radius 1 is 0.630 bits per heavy atom. The molecule has 0 aromatic carbocycles. The standard InChI is InChI=1S/C24H45N3/c1-23(2,3)20-7-10-25(11-8-20)22-13-18-15-26(16-19(18)14-22)21-9-12-27(17-21)24(4,5)6/h18-22H,7-17H2,1-6H3/t18-,19+,21?,22?. The Bertz CT molecular complexity index is 495. The zero-order valence-electron chi connectivity index (χ0n) is 19.0. The van der Waals surface area contributed by atoms with E-state index in [4.69, 9.17) is 0 Å². The molecule has 0 bridgehead atoms. The Kier molecular flexibility index (Phi) is 5.44. The van der Waals surface area contributed by atoms with Gasteiger partial charge in [-0.3, -0.25) is 9.80 Å². The fraction of sp³-hybridized carbons (Fsp3) is 1.00. The molecule has 0 aromatic rings. The Morgan fingerprint density at radius 2 is 1.22 bits per heavy atom. The minimum absolute atomic E-state index is 0.342. The fourth-order valence-corrected chi connectivity index (χ4v) is 6.68. The summed E-state index contributed by atoms with van der Waals surface area (Å²) in [4.78, 5) is 8.46. The maximum atomic E-state index is 2.88. The molecule has 4 atom stereocenters. The molecule has 4 aliphatic rings. The van der Waals surface area contributed by atoms with E-state index in [0.29, 0.717) is 11.0 Å². The van der Waals surface area contributed by atoms with Gasteiger partial charge in [0.2, 0.25) is 0 Å². The second-order valence-corrected chi connectivity index (χ2v) is 12.3. The van der Waals surface area contributed by atoms with Crippen LogP contribution >= 0.6 is 0 Å². The summed E-state index contributed by atoms with van der Waals surface area (Å²) in [5, 5.41) is 0. The van der Waals surface area contributed by atoms with Crippen molar-refractivity contribution < 1.29 is 0 Å². The van der Waals surface area contributed by atoms with Gasteiger partial charge in [0, 0.05) is 43.8 Å². The topological polar surface area (TPSA) is 9.72 Å². The van der Waals surface area contributed by atoms with Crippen molar-refractivity contribution in [1.82, 2.24) is 14.7 Å². The Morgan fingerprint density at radius 3 is 1.70 bits per heavy atom. The van der Waals surface area contributed by atoms with Crippen molar-refractivity contribution in [1.29, 1.82) is 0 Å². The van der Waals surface area contributed by atoms with Gasteiger partial charge in [-0.05, 0) is 89.1 Å². The first-order valence-corrected chi connectivity index (χ1v) is 11.8. The molecule has 27 heavy (non-hydrogen) atoms. The van der Waals surface area contributed by atoms with Crippen molar-refractivity contribution in [2.45, 2.75) is 91.3 Å². The van der Waals surface area contributed by atoms with E-state index in [1.54, 1.807) is 0 Å². The molecule has 0 radical (unpaired) electrons. The summed E-state index contributed by atoms with van der Waals surface area (Å²) < 4.78 is 0. The molecule has 4 rings (SSSR count). The van der Waals surface area contributed by atoms with Gasteiger partial charge in [-0.25, -0.2) is 0 Å². The molecule has 1 aliphatic carbocycles. The summed E-state index contributed by atoms with van der Waals surface area (Å²) in [6, 6.07) is 1.73. The van der Waals surface area contributed by atoms with E-state index in [0.717, 1.165) is 29.8 Å². The van der Waals surface area contributed by atoms with Crippen molar-refractivity contribution in [3.63, 3.8) is 0 Å². The molecular formula is C24H45N3. The van der Waals surface area contributed by atoms with E-state index >= 15 is 0 Å². The lowest BCUT2D eigenvalue weighted by atomic mass is 9.75. The fourth-order valence-electron chi connectivity index (χ4n) is 6.68. The highest BCUT2D eigenvalue weighted by molar-refractivity contribution is 5.00. The molecule has 4 fully saturated rings. The third-order valence-corrected chi connectivity index (χ3v) is 8.65. The summed E-state index contributed by atoms with van der Waals surface area (Å²) >= 11 is 0. The van der Waals surface area contributed by atoms with Gasteiger partial charge in [-0.2, -0.15) is 0 Å². The van der Waals surface area contributed by atoms with Gasteiger partial charge in [0.25, 0.3) is 0 Å². The minimum Gasteiger partial charge on any atom is -0.300 e. The summed E-state index contributed by atoms with van der Waals surface area (Å²) in [5.41, 5.74) is 0.843. The average Bonchev–Trinajstić information content (AvgIpc) is 3.27. The molecule has 156 valence electrons. The second-order valence-electron chi connectivity index (χ2n) is 12.3. The van der Waals surface area contributed by atoms with Crippen molar-refractivity contribution in [2.75, 3.05) is 39.3 Å². The number of nitrogens with zero attached hydrogens (tertiary/aromatic N) is 3. The Balaban J connectivity index is 1.25. The normalized spacial score (nSPS) is 38.0. The number of piperidine rings is 1. The summed E-state index contributed by atoms with van der Waals surface area (Å²) in [6.07, 6.45) is 7.20. The van der Waals surface area contributed by atoms with Crippen molar-refractivity contribution in [3.05, 3.63) is 0 Å². The third-order valence-electron chi connectivity index (χ3n) is 8.65. The van der Waals surface area contributed by atoms with Crippen LogP contribution < -0.4 is 0 Å². The lowest BCUT2D eigenvalue weighted by molar-refractivity contribution is 0.0784. The first kappa shape index (κ1) is 20.2. The van der Waals surface area contributed by atoms with Crippen LogP contribution in [0.25, 0.3) is 0 Å². The van der Waals surface area contributed by atoms with Crippen LogP contribution in [0.1, 0.15) is 73.6 Å². The number of rotatable bonds is 2. The molecule has 1 saturated carbocycles. The van der Waals surface area contributed by atoms with Gasteiger partial charge in [-0.15, -0.1) is 0 Å². The third kappa shape index (κ3) is 4.26. The SMILES string of the molecule is CC(C)(C)C1CCN(C2C[C@@H]3CN(C4CCN(C(C)(C)C)C4)C[C@@H]3C2)CC1. The number of hydrogen-bond acceptors (Lipinski definition) is 3. The number of fused-ring (bicyclic) bond motifs is 1. The second kappa shape index (κ2) is 7.29. The molecule has 0 amide bonds. The zero-order chi connectivity index (χ0) is 19.4. The van der Waals surface area contributed by atoms with Gasteiger partial charge in [-0.1, -0.05) is 20.8 Å². The highest BCUT2D eigenvalue weighted by Crippen LogP contribution is 2.43. The van der Waals surface area contributed by atoms with Crippen LogP contribution in [-0.2, 0) is 0 Å². The molecule has 3 heteroatoms. The zero-order valence-corrected chi connectivity index (χ0v) is 19.0. The van der Waals surface area contributed by atoms with E-state index in [1.807, 2.05) is 0 Å². The first-order chi connectivity index (χ1) is 12.6. The van der Waals surface area contributed by atoms with Crippen LogP contribution in [-0.4, -0.2) is 71.6 Å². The monoisotopic (exact) mass is 375 g/mol. The smallest absolute Gasteiger partial charge is 0.0235 e. The van der Waals surface area contributed by atoms with Gasteiger partial charge < -0.3 is 4.90 Å². The minimum atomic E-state index is 0.342. The molecule has 3 aliphatic heterocycles.